The smallest absolute Gasteiger partial charge is 0.121 e. The fourth-order valence-electron chi connectivity index (χ4n) is 3.93. The van der Waals surface area contributed by atoms with E-state index in [1.807, 2.05) is 45.0 Å². The monoisotopic (exact) mass is 564 g/mol. The summed E-state index contributed by atoms with van der Waals surface area (Å²) in [4.78, 5) is 4.93. The Balaban J connectivity index is 0.000000406. The van der Waals surface area contributed by atoms with Gasteiger partial charge in [0, 0.05) is 22.4 Å². The van der Waals surface area contributed by atoms with Gasteiger partial charge in [-0.3, -0.25) is 4.99 Å². The molecule has 0 aliphatic rings. The largest absolute Gasteiger partial charge is 0.491 e. The minimum atomic E-state index is 0.145. The van der Waals surface area contributed by atoms with Gasteiger partial charge >= 0.3 is 0 Å². The zero-order valence-electron chi connectivity index (χ0n) is 26.3. The third kappa shape index (κ3) is 14.1. The summed E-state index contributed by atoms with van der Waals surface area (Å²) in [6, 6.07) is 22.6. The van der Waals surface area contributed by atoms with Crippen molar-refractivity contribution in [3.63, 3.8) is 0 Å². The summed E-state index contributed by atoms with van der Waals surface area (Å²) < 4.78 is 5.80. The van der Waals surface area contributed by atoms with Gasteiger partial charge in [0.15, 0.2) is 0 Å². The Morgan fingerprint density at radius 3 is 2.15 bits per heavy atom. The van der Waals surface area contributed by atoms with Crippen LogP contribution < -0.4 is 10.5 Å². The number of aliphatic imine (C=N–C) groups is 1. The second-order valence-corrected chi connectivity index (χ2v) is 11.1. The first kappa shape index (κ1) is 35.4. The molecule has 3 aromatic carbocycles. The topological polar surface area (TPSA) is 47.6 Å². The van der Waals surface area contributed by atoms with Gasteiger partial charge in [0.05, 0.1) is 11.8 Å². The number of nitrogens with two attached hydrogens (primary N) is 1. The molecule has 0 fully saturated rings. The lowest BCUT2D eigenvalue weighted by molar-refractivity contribution is 0.242. The number of rotatable bonds is 11. The molecule has 0 bridgehead atoms. The molecular formula is C36H53ClN2O. The molecule has 2 N–H and O–H groups in total. The van der Waals surface area contributed by atoms with E-state index in [-0.39, 0.29) is 6.10 Å². The van der Waals surface area contributed by atoms with E-state index in [1.54, 1.807) is 0 Å². The highest BCUT2D eigenvalue weighted by atomic mass is 35.5. The number of aryl methyl sites for hydroxylation is 3. The van der Waals surface area contributed by atoms with E-state index in [2.05, 4.69) is 77.1 Å². The molecule has 0 spiro atoms. The summed E-state index contributed by atoms with van der Waals surface area (Å²) in [5, 5.41) is 0.759. The third-order valence-corrected chi connectivity index (χ3v) is 6.89. The average molecular weight is 565 g/mol. The molecule has 0 aromatic heterocycles. The summed E-state index contributed by atoms with van der Waals surface area (Å²) in [7, 11) is 0. The lowest BCUT2D eigenvalue weighted by Gasteiger charge is -2.13. The van der Waals surface area contributed by atoms with Crippen LogP contribution in [0.15, 0.2) is 71.7 Å². The highest BCUT2D eigenvalue weighted by Crippen LogP contribution is 2.28. The van der Waals surface area contributed by atoms with Crippen molar-refractivity contribution in [2.45, 2.75) is 100 Å². The first-order valence-corrected chi connectivity index (χ1v) is 15.4. The molecule has 0 amide bonds. The fourth-order valence-corrected chi connectivity index (χ4v) is 4.27. The Hall–Kier alpha value is -2.62. The van der Waals surface area contributed by atoms with E-state index in [4.69, 9.17) is 27.1 Å². The molecule has 0 radical (unpaired) electrons. The second kappa shape index (κ2) is 20.3. The van der Waals surface area contributed by atoms with Crippen molar-refractivity contribution in [3.8, 4) is 5.75 Å². The normalized spacial score (nSPS) is 11.7. The summed E-state index contributed by atoms with van der Waals surface area (Å²) >= 11 is 6.46. The number of nitrogens with zero attached hydrogens (tertiary/aromatic N) is 1. The minimum Gasteiger partial charge on any atom is -0.491 e. The Bertz CT molecular complexity index is 1120. The van der Waals surface area contributed by atoms with Crippen LogP contribution in [0.1, 0.15) is 95.9 Å². The Kier molecular flexibility index (Phi) is 18.0. The second-order valence-electron chi connectivity index (χ2n) is 10.7. The van der Waals surface area contributed by atoms with E-state index < -0.39 is 0 Å². The number of benzene rings is 3. The molecule has 0 aliphatic carbocycles. The molecular weight excluding hydrogens is 512 g/mol. The molecule has 0 heterocycles. The van der Waals surface area contributed by atoms with E-state index in [1.165, 1.54) is 24.8 Å². The van der Waals surface area contributed by atoms with E-state index in [0.717, 1.165) is 70.6 Å². The molecule has 0 saturated carbocycles. The van der Waals surface area contributed by atoms with Crippen molar-refractivity contribution in [1.82, 2.24) is 0 Å². The number of hydrogen-bond donors (Lipinski definition) is 1. The van der Waals surface area contributed by atoms with Gasteiger partial charge in [0.2, 0.25) is 0 Å². The molecule has 3 aromatic rings. The number of hydrogen-bond acceptors (Lipinski definition) is 3. The molecule has 0 aliphatic heterocycles. The predicted molar refractivity (Wildman–Crippen MR) is 178 cm³/mol. The van der Waals surface area contributed by atoms with Crippen LogP contribution in [0.25, 0.3) is 0 Å². The van der Waals surface area contributed by atoms with E-state index in [0.29, 0.717) is 0 Å². The van der Waals surface area contributed by atoms with Crippen LogP contribution in [-0.4, -0.2) is 18.4 Å². The van der Waals surface area contributed by atoms with Crippen LogP contribution in [0.4, 0.5) is 5.69 Å². The van der Waals surface area contributed by atoms with Crippen molar-refractivity contribution in [2.24, 2.45) is 16.6 Å². The fraction of sp³-hybridized carbons (Fsp3) is 0.472. The molecule has 220 valence electrons. The molecule has 3 rings (SSSR count). The van der Waals surface area contributed by atoms with E-state index in [9.17, 15) is 0 Å². The molecule has 1 atom stereocenters. The van der Waals surface area contributed by atoms with Crippen molar-refractivity contribution in [2.75, 3.05) is 6.54 Å². The van der Waals surface area contributed by atoms with Gasteiger partial charge in [-0.1, -0.05) is 101 Å². The SMILES string of the molecule is CCC(C)CCCN.CCCC(=Nc1cc(OC(C)C)ccc1C)c1ccc(C)cc1Cl.CCc1ccccc1. The van der Waals surface area contributed by atoms with Gasteiger partial charge in [-0.15, -0.1) is 0 Å². The highest BCUT2D eigenvalue weighted by molar-refractivity contribution is 6.34. The predicted octanol–water partition coefficient (Wildman–Crippen LogP) is 10.7. The van der Waals surface area contributed by atoms with Gasteiger partial charge in [0.1, 0.15) is 5.75 Å². The minimum absolute atomic E-state index is 0.145. The van der Waals surface area contributed by atoms with Gasteiger partial charge < -0.3 is 10.5 Å². The van der Waals surface area contributed by atoms with Crippen molar-refractivity contribution >= 4 is 23.0 Å². The summed E-state index contributed by atoms with van der Waals surface area (Å²) in [6.07, 6.45) is 6.97. The molecule has 4 heteroatoms. The zero-order chi connectivity index (χ0) is 29.9. The Labute approximate surface area is 250 Å². The maximum absolute atomic E-state index is 6.46. The average Bonchev–Trinajstić information content (AvgIpc) is 2.94. The van der Waals surface area contributed by atoms with E-state index >= 15 is 0 Å². The number of halogens is 1. The third-order valence-electron chi connectivity index (χ3n) is 6.58. The molecule has 1 unspecified atom stereocenters. The lowest BCUT2D eigenvalue weighted by atomic mass is 10.0. The molecule has 3 nitrogen and oxygen atoms in total. The highest BCUT2D eigenvalue weighted by Gasteiger charge is 2.10. The quantitative estimate of drug-likeness (QED) is 0.235. The van der Waals surface area contributed by atoms with Crippen molar-refractivity contribution < 1.29 is 4.74 Å². The lowest BCUT2D eigenvalue weighted by Crippen LogP contribution is -2.05. The standard InChI is InChI=1S/C21H26ClNO.C8H10.C7H17N/c1-6-7-20(18-11-8-15(4)12-19(18)22)23-21-13-17(24-14(2)3)10-9-16(21)5;1-2-8-6-4-3-5-7-8;1-3-7(2)5-4-6-8/h8-14H,6-7H2,1-5H3;3-7H,2H2,1H3;7H,3-6,8H2,1-2H3. The van der Waals surface area contributed by atoms with Crippen LogP contribution in [0.2, 0.25) is 5.02 Å². The van der Waals surface area contributed by atoms with Gasteiger partial charge in [-0.05, 0) is 94.7 Å². The van der Waals surface area contributed by atoms with Crippen LogP contribution in [-0.2, 0) is 6.42 Å². The first-order valence-electron chi connectivity index (χ1n) is 15.0. The molecule has 0 saturated heterocycles. The van der Waals surface area contributed by atoms with Gasteiger partial charge in [-0.2, -0.15) is 0 Å². The summed E-state index contributed by atoms with van der Waals surface area (Å²) in [5.74, 6) is 1.72. The maximum atomic E-state index is 6.46. The summed E-state index contributed by atoms with van der Waals surface area (Å²) in [5.41, 5.74) is 12.0. The van der Waals surface area contributed by atoms with Crippen LogP contribution in [0, 0.1) is 19.8 Å². The summed E-state index contributed by atoms with van der Waals surface area (Å²) in [6.45, 7) is 17.8. The first-order chi connectivity index (χ1) is 19.1. The molecule has 40 heavy (non-hydrogen) atoms. The van der Waals surface area contributed by atoms with Crippen molar-refractivity contribution in [3.05, 3.63) is 94.0 Å². The van der Waals surface area contributed by atoms with Gasteiger partial charge in [0.25, 0.3) is 0 Å². The Morgan fingerprint density at radius 2 is 1.62 bits per heavy atom. The van der Waals surface area contributed by atoms with Crippen LogP contribution in [0.5, 0.6) is 5.75 Å². The van der Waals surface area contributed by atoms with Crippen LogP contribution >= 0.6 is 11.6 Å². The van der Waals surface area contributed by atoms with Crippen molar-refractivity contribution in [1.29, 1.82) is 0 Å². The maximum Gasteiger partial charge on any atom is 0.121 e. The zero-order valence-corrected chi connectivity index (χ0v) is 27.0. The van der Waals surface area contributed by atoms with Gasteiger partial charge in [-0.25, -0.2) is 0 Å². The number of ether oxygens (including phenoxy) is 1. The Morgan fingerprint density at radius 1 is 0.925 bits per heavy atom. The van der Waals surface area contributed by atoms with Crippen LogP contribution in [0.3, 0.4) is 0 Å².